The van der Waals surface area contributed by atoms with E-state index in [1.54, 1.807) is 34.8 Å². The molecule has 1 N–H and O–H groups in total. The number of rotatable bonds is 8. The highest BCUT2D eigenvalue weighted by molar-refractivity contribution is 5.74. The molecule has 0 fully saturated rings. The van der Waals surface area contributed by atoms with E-state index in [-0.39, 0.29) is 11.2 Å². The fourth-order valence-corrected chi connectivity index (χ4v) is 3.50. The first kappa shape index (κ1) is 20.6. The van der Waals surface area contributed by atoms with Gasteiger partial charge in [0.2, 0.25) is 5.88 Å². The normalized spacial score (nSPS) is 11.3. The lowest BCUT2D eigenvalue weighted by atomic mass is 10.3. The number of ether oxygens (including phenoxy) is 1. The van der Waals surface area contributed by atoms with Crippen LogP contribution in [-0.2, 0) is 26.7 Å². The Bertz CT molecular complexity index is 1310. The molecule has 4 rings (SSSR count). The zero-order valence-electron chi connectivity index (χ0n) is 17.8. The van der Waals surface area contributed by atoms with Gasteiger partial charge in [-0.25, -0.2) is 9.78 Å². The molecule has 0 atom stereocenters. The van der Waals surface area contributed by atoms with Crippen molar-refractivity contribution in [1.82, 2.24) is 33.9 Å². The quantitative estimate of drug-likeness (QED) is 0.464. The average molecular weight is 423 g/mol. The van der Waals surface area contributed by atoms with E-state index in [2.05, 4.69) is 20.1 Å². The van der Waals surface area contributed by atoms with Crippen LogP contribution in [0.15, 0.2) is 40.2 Å². The van der Waals surface area contributed by atoms with Crippen molar-refractivity contribution in [1.29, 1.82) is 0 Å². The van der Waals surface area contributed by atoms with Gasteiger partial charge in [-0.1, -0.05) is 13.8 Å². The Kier molecular flexibility index (Phi) is 5.70. The van der Waals surface area contributed by atoms with Crippen LogP contribution >= 0.6 is 0 Å². The average Bonchev–Trinajstić information content (AvgIpc) is 3.37. The molecule has 162 valence electrons. The molecule has 0 aliphatic heterocycles. The van der Waals surface area contributed by atoms with Crippen LogP contribution < -0.4 is 16.0 Å². The molecule has 0 aromatic carbocycles. The van der Waals surface area contributed by atoms with Crippen LogP contribution in [0, 0.1) is 0 Å². The van der Waals surface area contributed by atoms with E-state index in [4.69, 9.17) is 4.74 Å². The van der Waals surface area contributed by atoms with Crippen molar-refractivity contribution in [2.24, 2.45) is 7.05 Å². The number of H-pyrrole nitrogens is 1. The standard InChI is InChI=1S/C21H25N7O3/c1-4-10-27-19-17(20(29)28(11-5-2)21(27)30)23-18(24-19)15-12-16(25-26(15)3)31-13-14-6-8-22-9-7-14/h6-9,12H,4-5,10-11,13H2,1-3H3,(H,23,24). The third kappa shape index (κ3) is 3.88. The van der Waals surface area contributed by atoms with Crippen LogP contribution in [0.1, 0.15) is 32.3 Å². The molecule has 4 aromatic rings. The van der Waals surface area contributed by atoms with Crippen LogP contribution in [0.3, 0.4) is 0 Å². The number of aromatic amines is 1. The van der Waals surface area contributed by atoms with Crippen LogP contribution in [0.4, 0.5) is 0 Å². The Labute approximate surface area is 178 Å². The summed E-state index contributed by atoms with van der Waals surface area (Å²) in [6.45, 7) is 5.12. The Morgan fingerprint density at radius 2 is 1.77 bits per heavy atom. The van der Waals surface area contributed by atoms with Crippen molar-refractivity contribution in [3.05, 3.63) is 57.0 Å². The summed E-state index contributed by atoms with van der Waals surface area (Å²) < 4.78 is 10.2. The molecule has 0 bridgehead atoms. The summed E-state index contributed by atoms with van der Waals surface area (Å²) in [4.78, 5) is 37.4. The minimum atomic E-state index is -0.357. The highest BCUT2D eigenvalue weighted by Gasteiger charge is 2.19. The van der Waals surface area contributed by atoms with Gasteiger partial charge in [0.1, 0.15) is 17.8 Å². The van der Waals surface area contributed by atoms with Gasteiger partial charge in [-0.15, -0.1) is 5.10 Å². The first-order valence-electron chi connectivity index (χ1n) is 10.3. The summed E-state index contributed by atoms with van der Waals surface area (Å²) in [6, 6.07) is 5.50. The van der Waals surface area contributed by atoms with Crippen molar-refractivity contribution in [3.8, 4) is 17.4 Å². The predicted octanol–water partition coefficient (Wildman–Crippen LogP) is 2.08. The maximum atomic E-state index is 12.9. The molecule has 0 aliphatic rings. The first-order chi connectivity index (χ1) is 15.0. The fraction of sp³-hybridized carbons (Fsp3) is 0.381. The number of nitrogens with zero attached hydrogens (tertiary/aromatic N) is 6. The molecule has 0 unspecified atom stereocenters. The van der Waals surface area contributed by atoms with Gasteiger partial charge in [-0.3, -0.25) is 23.6 Å². The Hall–Kier alpha value is -3.69. The summed E-state index contributed by atoms with van der Waals surface area (Å²) in [6.07, 6.45) is 4.85. The summed E-state index contributed by atoms with van der Waals surface area (Å²) in [5.74, 6) is 0.892. The molecule has 0 radical (unpaired) electrons. The number of hydrogen-bond acceptors (Lipinski definition) is 6. The van der Waals surface area contributed by atoms with Crippen molar-refractivity contribution in [2.45, 2.75) is 46.4 Å². The molecular weight excluding hydrogens is 398 g/mol. The Morgan fingerprint density at radius 1 is 1.06 bits per heavy atom. The minimum Gasteiger partial charge on any atom is -0.472 e. The molecule has 0 saturated carbocycles. The fourth-order valence-electron chi connectivity index (χ4n) is 3.50. The summed E-state index contributed by atoms with van der Waals surface area (Å²) >= 11 is 0. The van der Waals surface area contributed by atoms with Gasteiger partial charge in [0, 0.05) is 38.6 Å². The second kappa shape index (κ2) is 8.58. The number of aryl methyl sites for hydroxylation is 2. The number of nitrogens with one attached hydrogen (secondary N) is 1. The molecule has 4 aromatic heterocycles. The smallest absolute Gasteiger partial charge is 0.332 e. The number of pyridine rings is 1. The molecule has 0 spiro atoms. The summed E-state index contributed by atoms with van der Waals surface area (Å²) in [7, 11) is 1.77. The van der Waals surface area contributed by atoms with Gasteiger partial charge in [0.15, 0.2) is 11.5 Å². The van der Waals surface area contributed by atoms with Gasteiger partial charge >= 0.3 is 5.69 Å². The predicted molar refractivity (Wildman–Crippen MR) is 116 cm³/mol. The van der Waals surface area contributed by atoms with E-state index in [0.29, 0.717) is 54.7 Å². The molecule has 0 amide bonds. The maximum absolute atomic E-state index is 12.9. The molecule has 4 heterocycles. The zero-order valence-corrected chi connectivity index (χ0v) is 17.8. The van der Waals surface area contributed by atoms with Gasteiger partial charge in [-0.05, 0) is 30.5 Å². The van der Waals surface area contributed by atoms with Crippen molar-refractivity contribution in [2.75, 3.05) is 0 Å². The zero-order chi connectivity index (χ0) is 22.0. The molecule has 31 heavy (non-hydrogen) atoms. The molecule has 0 aliphatic carbocycles. The highest BCUT2D eigenvalue weighted by atomic mass is 16.5. The van der Waals surface area contributed by atoms with Gasteiger partial charge in [-0.2, -0.15) is 0 Å². The van der Waals surface area contributed by atoms with Crippen molar-refractivity contribution in [3.63, 3.8) is 0 Å². The van der Waals surface area contributed by atoms with Crippen LogP contribution in [0.2, 0.25) is 0 Å². The lowest BCUT2D eigenvalue weighted by Crippen LogP contribution is -2.40. The lowest BCUT2D eigenvalue weighted by Gasteiger charge is -2.09. The van der Waals surface area contributed by atoms with Gasteiger partial charge in [0.25, 0.3) is 5.56 Å². The minimum absolute atomic E-state index is 0.317. The van der Waals surface area contributed by atoms with E-state index in [1.165, 1.54) is 4.57 Å². The number of aromatic nitrogens is 7. The second-order valence-corrected chi connectivity index (χ2v) is 7.31. The number of hydrogen-bond donors (Lipinski definition) is 1. The van der Waals surface area contributed by atoms with E-state index in [9.17, 15) is 9.59 Å². The van der Waals surface area contributed by atoms with Gasteiger partial charge in [0.05, 0.1) is 0 Å². The SMILES string of the molecule is CCCn1c(=O)c2[nH]c(-c3cc(OCc4ccncc4)nn3C)nc2n(CCC)c1=O. The molecule has 0 saturated heterocycles. The third-order valence-corrected chi connectivity index (χ3v) is 4.99. The lowest BCUT2D eigenvalue weighted by molar-refractivity contribution is 0.290. The van der Waals surface area contributed by atoms with Crippen molar-refractivity contribution < 1.29 is 4.74 Å². The number of imidazole rings is 1. The monoisotopic (exact) mass is 423 g/mol. The molecule has 10 nitrogen and oxygen atoms in total. The Balaban J connectivity index is 1.74. The van der Waals surface area contributed by atoms with Crippen LogP contribution in [0.25, 0.3) is 22.7 Å². The van der Waals surface area contributed by atoms with Crippen molar-refractivity contribution >= 4 is 11.2 Å². The largest absolute Gasteiger partial charge is 0.472 e. The highest BCUT2D eigenvalue weighted by Crippen LogP contribution is 2.23. The first-order valence-corrected chi connectivity index (χ1v) is 10.3. The topological polar surface area (TPSA) is 113 Å². The van der Waals surface area contributed by atoms with Crippen LogP contribution in [-0.4, -0.2) is 33.9 Å². The maximum Gasteiger partial charge on any atom is 0.332 e. The van der Waals surface area contributed by atoms with Gasteiger partial charge < -0.3 is 9.72 Å². The molecular formula is C21H25N7O3. The van der Waals surface area contributed by atoms with E-state index in [1.807, 2.05) is 26.0 Å². The molecule has 10 heteroatoms. The Morgan fingerprint density at radius 3 is 2.48 bits per heavy atom. The third-order valence-electron chi connectivity index (χ3n) is 4.99. The van der Waals surface area contributed by atoms with E-state index < -0.39 is 0 Å². The number of fused-ring (bicyclic) bond motifs is 1. The van der Waals surface area contributed by atoms with E-state index in [0.717, 1.165) is 12.0 Å². The van der Waals surface area contributed by atoms with E-state index >= 15 is 0 Å². The summed E-state index contributed by atoms with van der Waals surface area (Å²) in [5.41, 5.74) is 1.62. The van der Waals surface area contributed by atoms with Crippen LogP contribution in [0.5, 0.6) is 5.88 Å². The summed E-state index contributed by atoms with van der Waals surface area (Å²) in [5, 5.41) is 4.38. The second-order valence-electron chi connectivity index (χ2n) is 7.31.